The number of anilines is 1. The average Bonchev–Trinajstić information content (AvgIpc) is 2.88. The summed E-state index contributed by atoms with van der Waals surface area (Å²) >= 11 is 12.2. The summed E-state index contributed by atoms with van der Waals surface area (Å²) in [4.78, 5) is 26.5. The molecule has 2 N–H and O–H groups in total. The second-order valence-electron chi connectivity index (χ2n) is 9.88. The summed E-state index contributed by atoms with van der Waals surface area (Å²) < 4.78 is 47.5. The Morgan fingerprint density at radius 1 is 1.00 bits per heavy atom. The molecule has 0 aliphatic carbocycles. The molecule has 4 rings (SSSR count). The number of rotatable bonds is 11. The predicted octanol–water partition coefficient (Wildman–Crippen LogP) is 5.28. The molecule has 1 aliphatic rings. The Morgan fingerprint density at radius 3 is 2.10 bits per heavy atom. The van der Waals surface area contributed by atoms with Gasteiger partial charge in [-0.3, -0.25) is 14.4 Å². The highest BCUT2D eigenvalue weighted by Gasteiger charge is 2.36. The van der Waals surface area contributed by atoms with Gasteiger partial charge in [0.15, 0.2) is 0 Å². The van der Waals surface area contributed by atoms with E-state index >= 15 is 0 Å². The molecule has 0 spiro atoms. The van der Waals surface area contributed by atoms with Crippen molar-refractivity contribution >= 4 is 50.8 Å². The summed E-state index contributed by atoms with van der Waals surface area (Å²) in [6.45, 7) is 4.24. The zero-order chi connectivity index (χ0) is 29.7. The normalized spacial score (nSPS) is 14.8. The van der Waals surface area contributed by atoms with Crippen molar-refractivity contribution in [3.05, 3.63) is 99.3 Å². The Kier molecular flexibility index (Phi) is 9.91. The van der Waals surface area contributed by atoms with Crippen LogP contribution in [0.1, 0.15) is 41.4 Å². The molecule has 3 aromatic rings. The van der Waals surface area contributed by atoms with E-state index in [1.165, 1.54) is 13.0 Å². The molecule has 1 fully saturated rings. The highest BCUT2D eigenvalue weighted by Crippen LogP contribution is 2.36. The smallest absolute Gasteiger partial charge is 0.328 e. The molecule has 218 valence electrons. The predicted molar refractivity (Wildman–Crippen MR) is 157 cm³/mol. The molecule has 1 amide bonds. The molecule has 1 unspecified atom stereocenters. The second kappa shape index (κ2) is 13.2. The minimum atomic E-state index is -3.87. The first-order chi connectivity index (χ1) is 19.4. The number of nitrogens with one attached hydrogen (secondary N) is 2. The Hall–Kier alpha value is -3.18. The maximum Gasteiger partial charge on any atom is 0.328 e. The molecule has 8 nitrogen and oxygen atoms in total. The van der Waals surface area contributed by atoms with Gasteiger partial charge in [0.25, 0.3) is 5.91 Å². The molecule has 0 radical (unpaired) electrons. The van der Waals surface area contributed by atoms with Crippen molar-refractivity contribution in [1.82, 2.24) is 10.2 Å². The number of hydrogen-bond acceptors (Lipinski definition) is 6. The van der Waals surface area contributed by atoms with Gasteiger partial charge in [-0.1, -0.05) is 47.5 Å². The van der Waals surface area contributed by atoms with Crippen LogP contribution in [0.25, 0.3) is 0 Å². The van der Waals surface area contributed by atoms with Gasteiger partial charge in [-0.05, 0) is 67.4 Å². The number of sulfonamides is 1. The number of amides is 1. The highest BCUT2D eigenvalue weighted by molar-refractivity contribution is 7.92. The molecule has 1 atom stereocenters. The molecular formula is C29H30Cl2FN3O5S. The van der Waals surface area contributed by atoms with Gasteiger partial charge in [-0.15, -0.1) is 0 Å². The van der Waals surface area contributed by atoms with Crippen molar-refractivity contribution in [3.8, 4) is 0 Å². The third-order valence-corrected chi connectivity index (χ3v) is 8.56. The molecule has 1 saturated heterocycles. The van der Waals surface area contributed by atoms with Crippen molar-refractivity contribution in [3.63, 3.8) is 0 Å². The molecule has 41 heavy (non-hydrogen) atoms. The van der Waals surface area contributed by atoms with Crippen LogP contribution in [0.15, 0.2) is 66.7 Å². The summed E-state index contributed by atoms with van der Waals surface area (Å²) in [7, 11) is -3.87. The van der Waals surface area contributed by atoms with Crippen LogP contribution >= 0.6 is 23.2 Å². The fraction of sp³-hybridized carbons (Fsp3) is 0.310. The molecule has 0 saturated carbocycles. The SMILES string of the molecule is CCOC(=O)C(C)NC(=O)c1cc(F)cc(NS(=O)(=O)CC2CN(C(c3ccc(Cl)cc3)c3ccc(Cl)cc3)C2)c1. The largest absolute Gasteiger partial charge is 0.464 e. The summed E-state index contributed by atoms with van der Waals surface area (Å²) in [6.07, 6.45) is 0. The first-order valence-corrected chi connectivity index (χ1v) is 15.4. The lowest BCUT2D eigenvalue weighted by molar-refractivity contribution is -0.144. The van der Waals surface area contributed by atoms with Gasteiger partial charge in [0.05, 0.1) is 24.1 Å². The Bertz CT molecular complexity index is 1450. The number of nitrogens with zero attached hydrogens (tertiary/aromatic N) is 1. The molecule has 0 aromatic heterocycles. The van der Waals surface area contributed by atoms with E-state index in [9.17, 15) is 22.4 Å². The Balaban J connectivity index is 1.41. The van der Waals surface area contributed by atoms with Gasteiger partial charge < -0.3 is 10.1 Å². The van der Waals surface area contributed by atoms with Gasteiger partial charge in [0.2, 0.25) is 10.0 Å². The number of carbonyl (C=O) groups excluding carboxylic acids is 2. The van der Waals surface area contributed by atoms with E-state index in [0.29, 0.717) is 23.1 Å². The number of benzene rings is 3. The van der Waals surface area contributed by atoms with E-state index < -0.39 is 33.8 Å². The van der Waals surface area contributed by atoms with E-state index in [4.69, 9.17) is 27.9 Å². The van der Waals surface area contributed by atoms with E-state index in [1.54, 1.807) is 6.92 Å². The van der Waals surface area contributed by atoms with Crippen LogP contribution in [-0.4, -0.2) is 56.7 Å². The van der Waals surface area contributed by atoms with Crippen LogP contribution in [0, 0.1) is 11.7 Å². The molecule has 1 aliphatic heterocycles. The number of halogens is 3. The monoisotopic (exact) mass is 621 g/mol. The van der Waals surface area contributed by atoms with Crippen LogP contribution in [0.5, 0.6) is 0 Å². The highest BCUT2D eigenvalue weighted by atomic mass is 35.5. The number of ether oxygens (including phenoxy) is 1. The van der Waals surface area contributed by atoms with Gasteiger partial charge in [-0.25, -0.2) is 17.6 Å². The fourth-order valence-corrected chi connectivity index (χ4v) is 6.39. The van der Waals surface area contributed by atoms with Gasteiger partial charge in [0, 0.05) is 34.6 Å². The van der Waals surface area contributed by atoms with Crippen LogP contribution in [0.4, 0.5) is 10.1 Å². The van der Waals surface area contributed by atoms with E-state index in [-0.39, 0.29) is 35.6 Å². The zero-order valence-corrected chi connectivity index (χ0v) is 24.8. The van der Waals surface area contributed by atoms with Crippen molar-refractivity contribution in [2.45, 2.75) is 25.9 Å². The quantitative estimate of drug-likeness (QED) is 0.282. The molecular weight excluding hydrogens is 592 g/mol. The van der Waals surface area contributed by atoms with Crippen molar-refractivity contribution < 1.29 is 27.1 Å². The minimum absolute atomic E-state index is 0.0877. The van der Waals surface area contributed by atoms with E-state index in [1.807, 2.05) is 48.5 Å². The Morgan fingerprint density at radius 2 is 1.56 bits per heavy atom. The minimum Gasteiger partial charge on any atom is -0.464 e. The van der Waals surface area contributed by atoms with Crippen LogP contribution in [-0.2, 0) is 19.6 Å². The summed E-state index contributed by atoms with van der Waals surface area (Å²) in [5, 5.41) is 3.66. The molecule has 3 aromatic carbocycles. The zero-order valence-electron chi connectivity index (χ0n) is 22.4. The fourth-order valence-electron chi connectivity index (χ4n) is 4.75. The Labute approximate surface area is 248 Å². The maximum absolute atomic E-state index is 14.3. The number of carbonyl (C=O) groups is 2. The number of hydrogen-bond donors (Lipinski definition) is 2. The second-order valence-corrected chi connectivity index (χ2v) is 12.5. The van der Waals surface area contributed by atoms with Crippen LogP contribution in [0.2, 0.25) is 10.0 Å². The standard InChI is InChI=1S/C29H30Cl2FN3O5S/c1-3-40-29(37)18(2)33-28(36)22-12-25(32)14-26(13-22)34-41(38,39)17-19-15-35(16-19)27(20-4-8-23(30)9-5-20)21-6-10-24(31)11-7-21/h4-14,18-19,27,34H,3,15-17H2,1-2H3,(H,33,36). The summed E-state index contributed by atoms with van der Waals surface area (Å²) in [6, 6.07) is 17.1. The first kappa shape index (κ1) is 30.8. The van der Waals surface area contributed by atoms with Crippen LogP contribution < -0.4 is 10.0 Å². The van der Waals surface area contributed by atoms with Crippen molar-refractivity contribution in [2.75, 3.05) is 30.2 Å². The summed E-state index contributed by atoms with van der Waals surface area (Å²) in [5.41, 5.74) is 1.80. The number of esters is 1. The van der Waals surface area contributed by atoms with E-state index in [0.717, 1.165) is 23.3 Å². The lowest BCUT2D eigenvalue weighted by Crippen LogP contribution is -2.51. The average molecular weight is 623 g/mol. The third-order valence-electron chi connectivity index (χ3n) is 6.60. The molecule has 1 heterocycles. The molecule has 0 bridgehead atoms. The van der Waals surface area contributed by atoms with Crippen molar-refractivity contribution in [2.24, 2.45) is 5.92 Å². The van der Waals surface area contributed by atoms with Crippen LogP contribution in [0.3, 0.4) is 0 Å². The van der Waals surface area contributed by atoms with Crippen molar-refractivity contribution in [1.29, 1.82) is 0 Å². The lowest BCUT2D eigenvalue weighted by Gasteiger charge is -2.44. The first-order valence-electron chi connectivity index (χ1n) is 13.0. The lowest BCUT2D eigenvalue weighted by atomic mass is 9.91. The third kappa shape index (κ3) is 8.19. The molecule has 12 heteroatoms. The van der Waals surface area contributed by atoms with E-state index in [2.05, 4.69) is 14.9 Å². The van der Waals surface area contributed by atoms with Gasteiger partial charge >= 0.3 is 5.97 Å². The topological polar surface area (TPSA) is 105 Å². The van der Waals surface area contributed by atoms with Gasteiger partial charge in [0.1, 0.15) is 11.9 Å². The van der Waals surface area contributed by atoms with Gasteiger partial charge in [-0.2, -0.15) is 0 Å². The number of likely N-dealkylation sites (tertiary alicyclic amines) is 1. The maximum atomic E-state index is 14.3. The summed E-state index contributed by atoms with van der Waals surface area (Å²) in [5.74, 6) is -2.54.